The van der Waals surface area contributed by atoms with Gasteiger partial charge in [0.1, 0.15) is 0 Å². The Morgan fingerprint density at radius 3 is 1.05 bits per heavy atom. The third-order valence-corrected chi connectivity index (χ3v) is 24.1. The van der Waals surface area contributed by atoms with Gasteiger partial charge in [-0.2, -0.15) is 0 Å². The van der Waals surface area contributed by atoms with Crippen LogP contribution in [0.3, 0.4) is 0 Å². The highest BCUT2D eigenvalue weighted by atomic mass is 15.2. The number of hydrogen-bond acceptors (Lipinski definition) is 3. The van der Waals surface area contributed by atoms with Crippen molar-refractivity contribution in [3.05, 3.63) is 403 Å². The molecule has 0 bridgehead atoms. The zero-order valence-corrected chi connectivity index (χ0v) is 62.6. The van der Waals surface area contributed by atoms with Crippen LogP contribution in [0.5, 0.6) is 0 Å². The standard InChI is InChI=1S/C105H79BN4/c1-103(2,3)72-53-57-74(58-54-72)107(75-59-55-73(56-60-75)104(4,5)6)77-64-98-100-99(65-77)110(102-80(70-35-15-9-16-36-70)46-30-47-81(102)71-37-17-10-18-38-71)97-66-87-84-41-21-26-50-90(84)105(88-48-24-19-39-82(88)83-40-20-25-49-89(83)105)91(87)67-93(97)106(100)92-62-61-76(108-94-51-27-22-42-85(94)86-43-23-28-52-95(86)108)63-96(92)109(98)101-78(68-31-11-7-12-32-68)44-29-45-79(101)69-33-13-8-14-34-69/h7-67H,1-6H3. The first-order valence-corrected chi connectivity index (χ1v) is 38.8. The van der Waals surface area contributed by atoms with Crippen LogP contribution < -0.4 is 31.1 Å². The second-order valence-electron chi connectivity index (χ2n) is 32.3. The topological polar surface area (TPSA) is 14.7 Å². The van der Waals surface area contributed by atoms with Gasteiger partial charge in [-0.05, 0) is 172 Å². The van der Waals surface area contributed by atoms with Gasteiger partial charge < -0.3 is 19.3 Å². The predicted octanol–water partition coefficient (Wildman–Crippen LogP) is 25.9. The molecule has 110 heavy (non-hydrogen) atoms. The zero-order chi connectivity index (χ0) is 73.7. The van der Waals surface area contributed by atoms with Crippen molar-refractivity contribution in [3.63, 3.8) is 0 Å². The van der Waals surface area contributed by atoms with Crippen LogP contribution in [0.25, 0.3) is 94.3 Å². The van der Waals surface area contributed by atoms with E-state index in [4.69, 9.17) is 0 Å². The molecule has 0 radical (unpaired) electrons. The van der Waals surface area contributed by atoms with Gasteiger partial charge in [0, 0.05) is 72.8 Å². The molecule has 1 spiro atoms. The van der Waals surface area contributed by atoms with Crippen molar-refractivity contribution < 1.29 is 0 Å². The smallest absolute Gasteiger partial charge is 0.252 e. The Morgan fingerprint density at radius 1 is 0.273 bits per heavy atom. The Bertz CT molecular complexity index is 6270. The monoisotopic (exact) mass is 1410 g/mol. The Balaban J connectivity index is 0.974. The lowest BCUT2D eigenvalue weighted by Crippen LogP contribution is -2.61. The maximum atomic E-state index is 2.74. The molecule has 0 fully saturated rings. The first kappa shape index (κ1) is 65.1. The molecule has 2 aliphatic carbocycles. The van der Waals surface area contributed by atoms with E-state index in [-0.39, 0.29) is 17.5 Å². The molecular formula is C105H79BN4. The highest BCUT2D eigenvalue weighted by Crippen LogP contribution is 2.64. The van der Waals surface area contributed by atoms with Crippen LogP contribution in [0.1, 0.15) is 74.9 Å². The summed E-state index contributed by atoms with van der Waals surface area (Å²) in [4.78, 5) is 8.00. The Morgan fingerprint density at radius 2 is 0.636 bits per heavy atom. The van der Waals surface area contributed by atoms with Crippen LogP contribution in [0, 0.1) is 0 Å². The van der Waals surface area contributed by atoms with Crippen LogP contribution in [0.4, 0.5) is 51.2 Å². The number of benzene rings is 16. The van der Waals surface area contributed by atoms with E-state index in [9.17, 15) is 0 Å². The lowest BCUT2D eigenvalue weighted by molar-refractivity contribution is 0.590. The normalized spacial score (nSPS) is 13.4. The summed E-state index contributed by atoms with van der Waals surface area (Å²) in [6.45, 7) is 13.5. The summed E-state index contributed by atoms with van der Waals surface area (Å²) in [5.41, 5.74) is 37.8. The molecule has 0 amide bonds. The van der Waals surface area contributed by atoms with E-state index in [1.807, 2.05) is 0 Å². The molecule has 0 unspecified atom stereocenters. The summed E-state index contributed by atoms with van der Waals surface area (Å²) < 4.78 is 2.51. The number of hydrogen-bond donors (Lipinski definition) is 0. The highest BCUT2D eigenvalue weighted by molar-refractivity contribution is 7.00. The third kappa shape index (κ3) is 9.86. The molecule has 21 rings (SSSR count). The van der Waals surface area contributed by atoms with E-state index in [1.165, 1.54) is 82.8 Å². The molecule has 3 heterocycles. The molecular weight excluding hydrogens is 1330 g/mol. The molecule has 4 nitrogen and oxygen atoms in total. The fraction of sp³-hybridized carbons (Fsp3) is 0.0857. The number of nitrogens with zero attached hydrogens (tertiary/aromatic N) is 4. The maximum absolute atomic E-state index is 2.74. The van der Waals surface area contributed by atoms with Crippen molar-refractivity contribution in [1.82, 2.24) is 4.57 Å². The molecule has 5 heteroatoms. The van der Waals surface area contributed by atoms with Gasteiger partial charge in [0.05, 0.1) is 33.5 Å². The van der Waals surface area contributed by atoms with Gasteiger partial charge in [-0.3, -0.25) is 0 Å². The van der Waals surface area contributed by atoms with Crippen molar-refractivity contribution in [2.24, 2.45) is 0 Å². The summed E-state index contributed by atoms with van der Waals surface area (Å²) in [5, 5.41) is 2.44. The number of anilines is 9. The largest absolute Gasteiger partial charge is 0.310 e. The second-order valence-corrected chi connectivity index (χ2v) is 32.3. The Hall–Kier alpha value is -13.2. The summed E-state index contributed by atoms with van der Waals surface area (Å²) in [7, 11) is 0. The lowest BCUT2D eigenvalue weighted by atomic mass is 9.33. The van der Waals surface area contributed by atoms with E-state index in [0.29, 0.717) is 0 Å². The highest BCUT2D eigenvalue weighted by Gasteiger charge is 2.54. The Labute approximate surface area is 644 Å². The average molecular weight is 1410 g/mol. The van der Waals surface area contributed by atoms with Crippen molar-refractivity contribution in [2.45, 2.75) is 57.8 Å². The first-order chi connectivity index (χ1) is 53.9. The number of fused-ring (bicyclic) bond motifs is 17. The summed E-state index contributed by atoms with van der Waals surface area (Å²) in [5.74, 6) is 0. The second kappa shape index (κ2) is 24.9. The van der Waals surface area contributed by atoms with Crippen molar-refractivity contribution >= 4 is 96.1 Å². The first-order valence-electron chi connectivity index (χ1n) is 38.8. The fourth-order valence-corrected chi connectivity index (χ4v) is 19.1. The molecule has 2 aliphatic heterocycles. The van der Waals surface area contributed by atoms with Crippen molar-refractivity contribution in [2.75, 3.05) is 14.7 Å². The molecule has 17 aromatic rings. The molecule has 522 valence electrons. The predicted molar refractivity (Wildman–Crippen MR) is 465 cm³/mol. The number of aromatic nitrogens is 1. The maximum Gasteiger partial charge on any atom is 0.252 e. The van der Waals surface area contributed by atoms with Crippen molar-refractivity contribution in [3.8, 4) is 72.4 Å². The van der Waals surface area contributed by atoms with Crippen LogP contribution in [0.2, 0.25) is 0 Å². The molecule has 0 N–H and O–H groups in total. The van der Waals surface area contributed by atoms with Gasteiger partial charge in [-0.1, -0.05) is 345 Å². The quantitative estimate of drug-likeness (QED) is 0.127. The van der Waals surface area contributed by atoms with Gasteiger partial charge in [0.25, 0.3) is 6.71 Å². The van der Waals surface area contributed by atoms with Gasteiger partial charge in [0.15, 0.2) is 0 Å². The minimum absolute atomic E-state index is 0.0847. The third-order valence-electron chi connectivity index (χ3n) is 24.1. The van der Waals surface area contributed by atoms with Crippen LogP contribution in [-0.2, 0) is 16.2 Å². The summed E-state index contributed by atoms with van der Waals surface area (Å²) in [6.07, 6.45) is 0. The van der Waals surface area contributed by atoms with Crippen LogP contribution in [0.15, 0.2) is 370 Å². The SMILES string of the molecule is CC(C)(C)c1ccc(N(c2ccc(C(C)(C)C)cc2)c2cc3c4c(c2)N(c2c(-c5ccccc5)cccc2-c2ccccc2)c2cc5c(cc2B4c2ccc(-n4c6ccccc6c6ccccc64)cc2N3c2c(-c3ccccc3)cccc2-c2ccccc2)C2(c3ccccc3-c3ccccc32)c2ccccc2-5)cc1. The fourth-order valence-electron chi connectivity index (χ4n) is 19.1. The van der Waals surface area contributed by atoms with E-state index in [2.05, 4.69) is 431 Å². The summed E-state index contributed by atoms with van der Waals surface area (Å²) >= 11 is 0. The van der Waals surface area contributed by atoms with Gasteiger partial charge >= 0.3 is 0 Å². The van der Waals surface area contributed by atoms with Gasteiger partial charge in [-0.25, -0.2) is 0 Å². The van der Waals surface area contributed by atoms with E-state index < -0.39 is 5.41 Å². The van der Waals surface area contributed by atoms with Crippen molar-refractivity contribution in [1.29, 1.82) is 0 Å². The lowest BCUT2D eigenvalue weighted by Gasteiger charge is -2.47. The molecule has 1 aromatic heterocycles. The van der Waals surface area contributed by atoms with Gasteiger partial charge in [0.2, 0.25) is 0 Å². The molecule has 0 saturated heterocycles. The number of para-hydroxylation sites is 4. The van der Waals surface area contributed by atoms with E-state index >= 15 is 0 Å². The van der Waals surface area contributed by atoms with E-state index in [1.54, 1.807) is 0 Å². The minimum Gasteiger partial charge on any atom is -0.310 e. The zero-order valence-electron chi connectivity index (χ0n) is 62.6. The minimum atomic E-state index is -0.641. The van der Waals surface area contributed by atoms with Crippen LogP contribution in [-0.4, -0.2) is 11.3 Å². The number of rotatable bonds is 10. The summed E-state index contributed by atoms with van der Waals surface area (Å²) in [6, 6.07) is 141. The molecule has 16 aromatic carbocycles. The van der Waals surface area contributed by atoms with Gasteiger partial charge in [-0.15, -0.1) is 0 Å². The molecule has 0 atom stereocenters. The molecule has 4 aliphatic rings. The Kier molecular flexibility index (Phi) is 14.8. The van der Waals surface area contributed by atoms with E-state index in [0.717, 1.165) is 112 Å². The van der Waals surface area contributed by atoms with Crippen LogP contribution >= 0.6 is 0 Å². The molecule has 0 saturated carbocycles. The average Bonchev–Trinajstić information content (AvgIpc) is 1.47.